The lowest BCUT2D eigenvalue weighted by Gasteiger charge is -2.30. The van der Waals surface area contributed by atoms with Crippen molar-refractivity contribution in [2.24, 2.45) is 5.92 Å². The number of carboxylic acid groups (broad SMARTS) is 1. The van der Waals surface area contributed by atoms with Crippen LogP contribution in [-0.2, 0) is 51.6 Å². The number of nitrogens with one attached hydrogen (secondary N) is 4. The molecule has 6 amide bonds. The van der Waals surface area contributed by atoms with Crippen molar-refractivity contribution in [3.05, 3.63) is 121 Å². The van der Waals surface area contributed by atoms with Gasteiger partial charge in [-0.3, -0.25) is 9.78 Å². The van der Waals surface area contributed by atoms with Gasteiger partial charge in [-0.1, -0.05) is 117 Å². The average molecular weight is 1490 g/mol. The van der Waals surface area contributed by atoms with Gasteiger partial charge in [0.1, 0.15) is 12.6 Å². The molecule has 0 saturated carbocycles. The third-order valence-electron chi connectivity index (χ3n) is 11.4. The van der Waals surface area contributed by atoms with Gasteiger partial charge in [0.15, 0.2) is 6.04 Å². The van der Waals surface area contributed by atoms with Gasteiger partial charge in [-0.25, -0.2) is 29.1 Å². The number of hydrogen-bond donors (Lipinski definition) is 5. The first-order chi connectivity index (χ1) is 36.0. The van der Waals surface area contributed by atoms with E-state index in [1.807, 2.05) is 106 Å². The van der Waals surface area contributed by atoms with Crippen LogP contribution >= 0.6 is 95.2 Å². The van der Waals surface area contributed by atoms with E-state index in [1.165, 1.54) is 16.2 Å². The average Bonchev–Trinajstić information content (AvgIpc) is 4.18. The molecule has 5 rings (SSSR count). The molecule has 17 nitrogen and oxygen atoms in total. The molecule has 3 aromatic heterocycles. The fourth-order valence-electron chi connectivity index (χ4n) is 7.58. The number of benzene rings is 2. The number of rotatable bonds is 24. The summed E-state index contributed by atoms with van der Waals surface area (Å²) in [5.74, 6) is -0.866. The second-order valence-corrected chi connectivity index (χ2v) is 23.0. The van der Waals surface area contributed by atoms with Gasteiger partial charge in [0.05, 0.1) is 56.6 Å². The summed E-state index contributed by atoms with van der Waals surface area (Å²) in [7, 11) is 3.32. The number of ether oxygens (including phenoxy) is 2. The van der Waals surface area contributed by atoms with E-state index in [0.29, 0.717) is 50.6 Å². The molecule has 5 N–H and O–H groups in total. The van der Waals surface area contributed by atoms with E-state index in [-0.39, 0.29) is 75.4 Å². The van der Waals surface area contributed by atoms with Gasteiger partial charge >= 0.3 is 24.1 Å². The Balaban J connectivity index is 0.00000172. The summed E-state index contributed by atoms with van der Waals surface area (Å²) in [6.45, 7) is 20.1. The maximum atomic E-state index is 13.8. The molecule has 0 spiro atoms. The molecule has 0 saturated heterocycles. The van der Waals surface area contributed by atoms with Gasteiger partial charge in [0, 0.05) is 92.2 Å². The number of carbonyl (C=O) groups is 5. The summed E-state index contributed by atoms with van der Waals surface area (Å²) in [5, 5.41) is 27.1. The highest BCUT2D eigenvalue weighted by atomic mass is 128. The Bertz CT molecular complexity index is 2500. The molecule has 5 atom stereocenters. The predicted octanol–water partition coefficient (Wildman–Crippen LogP) is 13.7. The molecular weight excluding hydrogens is 1400 g/mol. The van der Waals surface area contributed by atoms with Crippen LogP contribution in [0.1, 0.15) is 146 Å². The molecule has 0 fully saturated rings. The largest absolute Gasteiger partial charge is 0.480 e. The highest BCUT2D eigenvalue weighted by Gasteiger charge is 2.32. The van der Waals surface area contributed by atoms with Crippen LogP contribution in [0.15, 0.2) is 83.1 Å². The number of aromatic nitrogens is 3. The van der Waals surface area contributed by atoms with Crippen LogP contribution in [0.5, 0.6) is 0 Å². The molecule has 79 heavy (non-hydrogen) atoms. The number of hydrogen-bond acceptors (Lipinski definition) is 13. The Kier molecular flexibility index (Phi) is 37.0. The van der Waals surface area contributed by atoms with E-state index < -0.39 is 41.9 Å². The molecule has 5 aromatic rings. The number of aliphatic carboxylic acids is 1. The molecule has 2 aromatic carbocycles. The van der Waals surface area contributed by atoms with Crippen molar-refractivity contribution in [2.45, 2.75) is 177 Å². The van der Waals surface area contributed by atoms with Gasteiger partial charge < -0.3 is 45.6 Å². The first kappa shape index (κ1) is 75.2. The van der Waals surface area contributed by atoms with E-state index in [0.717, 1.165) is 37.4 Å². The van der Waals surface area contributed by atoms with Crippen molar-refractivity contribution in [2.75, 3.05) is 14.1 Å². The van der Waals surface area contributed by atoms with Gasteiger partial charge in [0.25, 0.3) is 0 Å². The highest BCUT2D eigenvalue weighted by Crippen LogP contribution is 2.22. The number of urea groups is 2. The van der Waals surface area contributed by atoms with Crippen molar-refractivity contribution >= 4 is 125 Å². The number of carbonyl (C=O) groups excluding carboxylic acids is 4. The zero-order valence-corrected chi connectivity index (χ0v) is 55.2. The van der Waals surface area contributed by atoms with Crippen molar-refractivity contribution in [3.63, 3.8) is 0 Å². The normalized spacial score (nSPS) is 12.7. The third kappa shape index (κ3) is 28.7. The quantitative estimate of drug-likeness (QED) is 0.0366. The summed E-state index contributed by atoms with van der Waals surface area (Å²) in [6.07, 6.45) is 2.91. The third-order valence-corrected chi connectivity index (χ3v) is 14.6. The second kappa shape index (κ2) is 38.8. The maximum absolute atomic E-state index is 13.8. The molecule has 0 radical (unpaired) electrons. The number of amides is 6. The van der Waals surface area contributed by atoms with Crippen LogP contribution in [0.2, 0.25) is 0 Å². The molecule has 3 heterocycles. The van der Waals surface area contributed by atoms with Crippen LogP contribution in [0.4, 0.5) is 14.4 Å². The summed E-state index contributed by atoms with van der Waals surface area (Å²) >= 11 is 8.82. The van der Waals surface area contributed by atoms with E-state index in [2.05, 4.69) is 101 Å². The van der Waals surface area contributed by atoms with Gasteiger partial charge in [-0.15, -0.1) is 58.0 Å². The molecule has 0 aliphatic rings. The molecule has 23 heteroatoms. The lowest BCUT2D eigenvalue weighted by molar-refractivity contribution is -0.146. The van der Waals surface area contributed by atoms with Crippen molar-refractivity contribution in [3.8, 4) is 0 Å². The van der Waals surface area contributed by atoms with Crippen molar-refractivity contribution in [1.82, 2.24) is 46.0 Å². The van der Waals surface area contributed by atoms with Crippen LogP contribution in [-0.4, -0.2) is 110 Å². The van der Waals surface area contributed by atoms with Crippen molar-refractivity contribution in [1.29, 1.82) is 0 Å². The number of thiazole rings is 3. The standard InChI is InChI=1S/C37H48N6O4S2.C17H29N3O4S.2CH4.I2.HI/c1-25(2)33(42-36(45)43(5)21-31-23-48-35(40-31)26(3)4)34(44)39-29(18-27-12-8-6-9-13-27)16-17-30(19-28-14-10-7-11-15-28)41-37(46)47-22-32-20-38-24-49-32;1-10(2)14-18-12(9-25-14)8-20(7)16(23)19-13(15(21)22)11(3)24-17(4,5)6;;;1-2;/h6-15,20,23-26,29-30,33H,16-19,21-22H2,1-5H3,(H,39,44)(H,41,46)(H,42,45);9-11,13H,8H2,1-7H3,(H,19,23)(H,21,22);2*1H4;;1H/t29-,30-,33-;11?,13-;;;;/m11..../s1. The number of carboxylic acids is 1. The first-order valence-electron chi connectivity index (χ1n) is 25.1. The summed E-state index contributed by atoms with van der Waals surface area (Å²) in [4.78, 5) is 80.8. The fourth-order valence-corrected chi connectivity index (χ4v) is 9.74. The van der Waals surface area contributed by atoms with Crippen molar-refractivity contribution < 1.29 is 38.6 Å². The minimum Gasteiger partial charge on any atom is -0.480 e. The minimum absolute atomic E-state index is 0. The Morgan fingerprint density at radius 1 is 0.671 bits per heavy atom. The topological polar surface area (TPSA) is 217 Å². The molecule has 0 aliphatic heterocycles. The van der Waals surface area contributed by atoms with Crippen LogP contribution in [0, 0.1) is 5.92 Å². The molecule has 1 unspecified atom stereocenters. The summed E-state index contributed by atoms with van der Waals surface area (Å²) in [5.41, 5.74) is 4.98. The summed E-state index contributed by atoms with van der Waals surface area (Å²) in [6, 6.07) is 16.8. The number of alkyl carbamates (subject to hydrolysis) is 1. The Morgan fingerprint density at radius 3 is 1.49 bits per heavy atom. The smallest absolute Gasteiger partial charge is 0.407 e. The molecule has 0 aliphatic carbocycles. The Hall–Kier alpha value is -3.77. The van der Waals surface area contributed by atoms with E-state index in [1.54, 1.807) is 60.3 Å². The zero-order chi connectivity index (χ0) is 56.5. The molecular formula is C56H86I3N9O8S3. The van der Waals surface area contributed by atoms with Gasteiger partial charge in [-0.2, -0.15) is 0 Å². The lowest BCUT2D eigenvalue weighted by atomic mass is 9.95. The maximum Gasteiger partial charge on any atom is 0.407 e. The Morgan fingerprint density at radius 2 is 1.11 bits per heavy atom. The van der Waals surface area contributed by atoms with Crippen LogP contribution < -0.4 is 21.3 Å². The summed E-state index contributed by atoms with van der Waals surface area (Å²) < 4.78 is 11.2. The van der Waals surface area contributed by atoms with E-state index in [4.69, 9.17) is 9.47 Å². The second-order valence-electron chi connectivity index (χ2n) is 20.3. The monoisotopic (exact) mass is 1490 g/mol. The van der Waals surface area contributed by atoms with E-state index in [9.17, 15) is 29.1 Å². The fraction of sp³-hybridized carbons (Fsp3) is 0.536. The minimum atomic E-state index is -1.13. The molecule has 0 bridgehead atoms. The Labute approximate surface area is 522 Å². The molecule has 442 valence electrons. The number of halogens is 3. The first-order valence-corrected chi connectivity index (χ1v) is 34.1. The van der Waals surface area contributed by atoms with Crippen LogP contribution in [0.25, 0.3) is 0 Å². The van der Waals surface area contributed by atoms with Crippen LogP contribution in [0.3, 0.4) is 0 Å². The van der Waals surface area contributed by atoms with Gasteiger partial charge in [-0.05, 0) is 70.4 Å². The zero-order valence-electron chi connectivity index (χ0n) is 46.1. The SMILES string of the molecule is C.C.CC(C)c1nc(CN(C)C(=O)N[C@@H](C(=O)N[C@H](CC[C@H](Cc2ccccc2)NC(=O)OCc2cncs2)Cc2ccccc2)C(C)C)cs1.CC(C)c1nc(CN(C)C(=O)N[C@@H](C(=O)O)C(C)OC(C)(C)C)cs1.I.II. The highest BCUT2D eigenvalue weighted by molar-refractivity contribution is 15.0. The number of nitrogens with zero attached hydrogens (tertiary/aromatic N) is 5. The predicted molar refractivity (Wildman–Crippen MR) is 350 cm³/mol. The van der Waals surface area contributed by atoms with E-state index >= 15 is 0 Å². The lowest BCUT2D eigenvalue weighted by Crippen LogP contribution is -2.54. The van der Waals surface area contributed by atoms with Gasteiger partial charge in [0.2, 0.25) is 5.91 Å².